The van der Waals surface area contributed by atoms with E-state index in [1.165, 1.54) is 38.4 Å². The second-order valence-electron chi connectivity index (χ2n) is 7.76. The van der Waals surface area contributed by atoms with E-state index in [0.717, 1.165) is 12.1 Å². The van der Waals surface area contributed by atoms with Crippen molar-refractivity contribution in [2.45, 2.75) is 31.5 Å². The summed E-state index contributed by atoms with van der Waals surface area (Å²) < 4.78 is 80.7. The van der Waals surface area contributed by atoms with Gasteiger partial charge in [-0.05, 0) is 55.7 Å². The van der Waals surface area contributed by atoms with Crippen LogP contribution in [0.25, 0.3) is 0 Å². The lowest BCUT2D eigenvalue weighted by molar-refractivity contribution is -0.138. The SMILES string of the molecule is CC#CC(=O)Nc1cccc(Oc2ncc(C)cc2S(=O)(=O)Nc2ccc(Cl)c(C(F)(F)F)c2COC)c1. The maximum atomic E-state index is 13.7. The molecule has 1 aromatic heterocycles. The number of sulfonamides is 1. The first kappa shape index (κ1) is 28.8. The van der Waals surface area contributed by atoms with Crippen LogP contribution >= 0.6 is 11.6 Å². The van der Waals surface area contributed by atoms with E-state index < -0.39 is 49.8 Å². The maximum Gasteiger partial charge on any atom is 0.418 e. The smallest absolute Gasteiger partial charge is 0.418 e. The van der Waals surface area contributed by atoms with Crippen molar-refractivity contribution in [3.05, 3.63) is 70.4 Å². The molecule has 0 aliphatic carbocycles. The third-order valence-electron chi connectivity index (χ3n) is 4.87. The molecule has 0 aliphatic rings. The molecule has 2 N–H and O–H groups in total. The van der Waals surface area contributed by atoms with Gasteiger partial charge in [-0.25, -0.2) is 13.4 Å². The summed E-state index contributed by atoms with van der Waals surface area (Å²) in [5.74, 6) is 4.01. The number of anilines is 2. The highest BCUT2D eigenvalue weighted by Gasteiger charge is 2.37. The number of aromatic nitrogens is 1. The Morgan fingerprint density at radius 1 is 1.18 bits per heavy atom. The van der Waals surface area contributed by atoms with Crippen molar-refractivity contribution in [3.63, 3.8) is 0 Å². The molecule has 2 aromatic carbocycles. The zero-order valence-corrected chi connectivity index (χ0v) is 21.8. The van der Waals surface area contributed by atoms with Gasteiger partial charge in [-0.2, -0.15) is 13.2 Å². The summed E-state index contributed by atoms with van der Waals surface area (Å²) in [6.45, 7) is 2.52. The van der Waals surface area contributed by atoms with Crippen LogP contribution in [0.4, 0.5) is 24.5 Å². The first-order chi connectivity index (χ1) is 17.9. The van der Waals surface area contributed by atoms with Crippen LogP contribution in [0.2, 0.25) is 5.02 Å². The van der Waals surface area contributed by atoms with Crippen LogP contribution in [0.5, 0.6) is 11.6 Å². The lowest BCUT2D eigenvalue weighted by Gasteiger charge is -2.19. The number of nitrogens with zero attached hydrogens (tertiary/aromatic N) is 1. The van der Waals surface area contributed by atoms with Gasteiger partial charge in [0.2, 0.25) is 5.88 Å². The van der Waals surface area contributed by atoms with Crippen molar-refractivity contribution in [1.29, 1.82) is 0 Å². The van der Waals surface area contributed by atoms with Crippen molar-refractivity contribution in [1.82, 2.24) is 4.98 Å². The zero-order valence-electron chi connectivity index (χ0n) is 20.2. The lowest BCUT2D eigenvalue weighted by Crippen LogP contribution is -2.19. The van der Waals surface area contributed by atoms with Gasteiger partial charge in [0.15, 0.2) is 0 Å². The van der Waals surface area contributed by atoms with E-state index in [0.29, 0.717) is 11.3 Å². The summed E-state index contributed by atoms with van der Waals surface area (Å²) in [6, 6.07) is 9.34. The number of alkyl halides is 3. The van der Waals surface area contributed by atoms with Crippen molar-refractivity contribution in [2.24, 2.45) is 0 Å². The van der Waals surface area contributed by atoms with Crippen LogP contribution in [-0.2, 0) is 32.3 Å². The molecule has 0 atom stereocenters. The van der Waals surface area contributed by atoms with E-state index in [9.17, 15) is 26.4 Å². The minimum absolute atomic E-state index is 0.131. The number of hydrogen-bond acceptors (Lipinski definition) is 6. The van der Waals surface area contributed by atoms with Crippen LogP contribution in [0.3, 0.4) is 0 Å². The predicted molar refractivity (Wildman–Crippen MR) is 136 cm³/mol. The average molecular weight is 568 g/mol. The fraction of sp³-hybridized carbons (Fsp3) is 0.200. The van der Waals surface area contributed by atoms with Crippen molar-refractivity contribution < 1.29 is 35.9 Å². The standard InChI is InChI=1S/C25H21ClF3N3O5S/c1-4-6-22(33)31-16-7-5-8-17(12-16)37-24-21(11-15(2)13-30-24)38(34,35)32-20-10-9-19(26)23(25(27,28)29)18(20)14-36-3/h5,7-13,32H,14H2,1-3H3,(H,31,33). The van der Waals surface area contributed by atoms with Crippen LogP contribution in [-0.4, -0.2) is 26.4 Å². The fourth-order valence-corrected chi connectivity index (χ4v) is 4.88. The number of hydrogen-bond donors (Lipinski definition) is 2. The monoisotopic (exact) mass is 567 g/mol. The third kappa shape index (κ3) is 6.95. The molecular weight excluding hydrogens is 547 g/mol. The van der Waals surface area contributed by atoms with E-state index in [1.807, 2.05) is 0 Å². The number of aryl methyl sites for hydroxylation is 1. The quantitative estimate of drug-likeness (QED) is 0.335. The molecular formula is C25H21ClF3N3O5S. The number of ether oxygens (including phenoxy) is 2. The third-order valence-corrected chi connectivity index (χ3v) is 6.54. The largest absolute Gasteiger partial charge is 0.438 e. The lowest BCUT2D eigenvalue weighted by atomic mass is 10.1. The Morgan fingerprint density at radius 2 is 1.92 bits per heavy atom. The molecule has 0 unspecified atom stereocenters. The summed E-state index contributed by atoms with van der Waals surface area (Å²) in [6.07, 6.45) is -3.51. The molecule has 3 rings (SSSR count). The Hall–Kier alpha value is -3.79. The minimum atomic E-state index is -4.87. The number of rotatable bonds is 8. The van der Waals surface area contributed by atoms with Crippen molar-refractivity contribution in [2.75, 3.05) is 17.1 Å². The molecule has 0 bridgehead atoms. The second-order valence-corrected chi connectivity index (χ2v) is 9.82. The van der Waals surface area contributed by atoms with Gasteiger partial charge in [0.05, 0.1) is 22.9 Å². The Labute approximate surface area is 222 Å². The highest BCUT2D eigenvalue weighted by Crippen LogP contribution is 2.41. The summed E-state index contributed by atoms with van der Waals surface area (Å²) in [5, 5.41) is 1.93. The van der Waals surface area contributed by atoms with Crippen LogP contribution < -0.4 is 14.8 Å². The fourth-order valence-electron chi connectivity index (χ4n) is 3.34. The second kappa shape index (κ2) is 11.7. The Kier molecular flexibility index (Phi) is 8.88. The van der Waals surface area contributed by atoms with Gasteiger partial charge < -0.3 is 14.8 Å². The summed E-state index contributed by atoms with van der Waals surface area (Å²) in [7, 11) is -3.36. The number of halogens is 4. The van der Waals surface area contributed by atoms with Crippen LogP contribution in [0.15, 0.2) is 53.6 Å². The molecule has 0 radical (unpaired) electrons. The molecule has 0 fully saturated rings. The van der Waals surface area contributed by atoms with E-state index in [1.54, 1.807) is 19.1 Å². The number of amides is 1. The topological polar surface area (TPSA) is 107 Å². The number of nitrogens with one attached hydrogen (secondary N) is 2. The minimum Gasteiger partial charge on any atom is -0.438 e. The summed E-state index contributed by atoms with van der Waals surface area (Å²) >= 11 is 5.79. The molecule has 38 heavy (non-hydrogen) atoms. The molecule has 200 valence electrons. The number of methoxy groups -OCH3 is 1. The summed E-state index contributed by atoms with van der Waals surface area (Å²) in [5.41, 5.74) is -1.31. The molecule has 8 nitrogen and oxygen atoms in total. The highest BCUT2D eigenvalue weighted by molar-refractivity contribution is 7.92. The Bertz CT molecular complexity index is 1530. The average Bonchev–Trinajstić information content (AvgIpc) is 2.81. The first-order valence-electron chi connectivity index (χ1n) is 10.7. The van der Waals surface area contributed by atoms with E-state index >= 15 is 0 Å². The molecule has 0 saturated carbocycles. The van der Waals surface area contributed by atoms with Crippen molar-refractivity contribution in [3.8, 4) is 23.5 Å². The van der Waals surface area contributed by atoms with E-state index in [-0.39, 0.29) is 17.3 Å². The van der Waals surface area contributed by atoms with Gasteiger partial charge in [0, 0.05) is 30.6 Å². The van der Waals surface area contributed by atoms with Gasteiger partial charge in [-0.3, -0.25) is 9.52 Å². The van der Waals surface area contributed by atoms with E-state index in [4.69, 9.17) is 21.1 Å². The molecule has 1 heterocycles. The number of pyridine rings is 1. The van der Waals surface area contributed by atoms with Gasteiger partial charge in [-0.1, -0.05) is 23.6 Å². The van der Waals surface area contributed by atoms with Gasteiger partial charge in [0.1, 0.15) is 10.6 Å². The van der Waals surface area contributed by atoms with Crippen molar-refractivity contribution >= 4 is 38.9 Å². The molecule has 0 spiro atoms. The van der Waals surface area contributed by atoms with E-state index in [2.05, 4.69) is 26.9 Å². The number of benzene rings is 2. The maximum absolute atomic E-state index is 13.7. The predicted octanol–water partition coefficient (Wildman–Crippen LogP) is 5.76. The molecule has 0 saturated heterocycles. The molecule has 13 heteroatoms. The summed E-state index contributed by atoms with van der Waals surface area (Å²) in [4.78, 5) is 15.4. The Morgan fingerprint density at radius 3 is 2.58 bits per heavy atom. The number of carbonyl (C=O) groups is 1. The highest BCUT2D eigenvalue weighted by atomic mass is 35.5. The first-order valence-corrected chi connectivity index (χ1v) is 12.6. The molecule has 0 aliphatic heterocycles. The van der Waals surface area contributed by atoms with Gasteiger partial charge in [-0.15, -0.1) is 0 Å². The molecule has 1 amide bonds. The van der Waals surface area contributed by atoms with Crippen LogP contribution in [0.1, 0.15) is 23.6 Å². The number of carbonyl (C=O) groups excluding carboxylic acids is 1. The normalized spacial score (nSPS) is 11.3. The van der Waals surface area contributed by atoms with Crippen LogP contribution in [0, 0.1) is 18.8 Å². The van der Waals surface area contributed by atoms with Gasteiger partial charge in [0.25, 0.3) is 15.9 Å². The van der Waals surface area contributed by atoms with Gasteiger partial charge >= 0.3 is 6.18 Å². The molecule has 3 aromatic rings. The zero-order chi connectivity index (χ0) is 28.1. The Balaban J connectivity index is 2.02.